The number of benzene rings is 1. The van der Waals surface area contributed by atoms with Gasteiger partial charge in [0.25, 0.3) is 0 Å². The molecule has 0 aliphatic heterocycles. The number of rotatable bonds is 4. The fraction of sp³-hybridized carbons (Fsp3) is 0.462. The maximum Gasteiger partial charge on any atom is 0.336 e. The highest BCUT2D eigenvalue weighted by molar-refractivity contribution is 9.10. The second-order valence-electron chi connectivity index (χ2n) is 5.66. The Morgan fingerprint density at radius 3 is 2.35 bits per heavy atom. The molecule has 1 rings (SSSR count). The molecular weight excluding hydrogens is 346 g/mol. The molecule has 7 heteroatoms. The SMILES string of the molecule is CC(NS(=O)(=O)c1ccc(Br)c(C(=O)O)c1)C(C)(C)C. The molecule has 0 heterocycles. The summed E-state index contributed by atoms with van der Waals surface area (Å²) in [5, 5.41) is 9.02. The number of nitrogens with one attached hydrogen (secondary N) is 1. The van der Waals surface area contributed by atoms with Gasteiger partial charge in [-0.15, -0.1) is 0 Å². The zero-order chi connectivity index (χ0) is 15.7. The van der Waals surface area contributed by atoms with Gasteiger partial charge in [0.2, 0.25) is 10.0 Å². The molecule has 1 unspecified atom stereocenters. The van der Waals surface area contributed by atoms with Crippen molar-refractivity contribution in [1.82, 2.24) is 4.72 Å². The first-order chi connectivity index (χ1) is 8.95. The van der Waals surface area contributed by atoms with Gasteiger partial charge in [-0.05, 0) is 46.5 Å². The van der Waals surface area contributed by atoms with Crippen LogP contribution in [-0.2, 0) is 10.0 Å². The summed E-state index contributed by atoms with van der Waals surface area (Å²) in [6, 6.07) is 3.64. The third-order valence-electron chi connectivity index (χ3n) is 3.11. The fourth-order valence-corrected chi connectivity index (χ4v) is 3.20. The molecule has 0 saturated carbocycles. The third-order valence-corrected chi connectivity index (χ3v) is 5.34. The van der Waals surface area contributed by atoms with Crippen LogP contribution >= 0.6 is 15.9 Å². The first kappa shape index (κ1) is 17.1. The normalized spacial score (nSPS) is 14.1. The molecule has 0 aromatic heterocycles. The largest absolute Gasteiger partial charge is 0.478 e. The quantitative estimate of drug-likeness (QED) is 0.861. The Kier molecular flexibility index (Phi) is 4.99. The Balaban J connectivity index is 3.17. The van der Waals surface area contributed by atoms with Gasteiger partial charge in [-0.3, -0.25) is 0 Å². The Hall–Kier alpha value is -0.920. The monoisotopic (exact) mass is 363 g/mol. The molecule has 5 nitrogen and oxygen atoms in total. The first-order valence-electron chi connectivity index (χ1n) is 6.00. The minimum absolute atomic E-state index is 0.0609. The Morgan fingerprint density at radius 1 is 1.35 bits per heavy atom. The number of carboxylic acid groups (broad SMARTS) is 1. The van der Waals surface area contributed by atoms with Crippen LogP contribution in [0.15, 0.2) is 27.6 Å². The van der Waals surface area contributed by atoms with E-state index < -0.39 is 16.0 Å². The first-order valence-corrected chi connectivity index (χ1v) is 8.28. The predicted molar refractivity (Wildman–Crippen MR) is 80.3 cm³/mol. The highest BCUT2D eigenvalue weighted by atomic mass is 79.9. The van der Waals surface area contributed by atoms with E-state index in [4.69, 9.17) is 5.11 Å². The van der Waals surface area contributed by atoms with Gasteiger partial charge in [-0.1, -0.05) is 20.8 Å². The van der Waals surface area contributed by atoms with E-state index >= 15 is 0 Å². The van der Waals surface area contributed by atoms with Gasteiger partial charge in [0.05, 0.1) is 10.5 Å². The van der Waals surface area contributed by atoms with E-state index in [1.54, 1.807) is 6.92 Å². The number of aromatic carboxylic acids is 1. The van der Waals surface area contributed by atoms with E-state index in [-0.39, 0.29) is 21.9 Å². The maximum atomic E-state index is 12.3. The van der Waals surface area contributed by atoms with E-state index in [0.29, 0.717) is 4.47 Å². The average Bonchev–Trinajstić information content (AvgIpc) is 2.26. The summed E-state index contributed by atoms with van der Waals surface area (Å²) in [5.41, 5.74) is -0.325. The second-order valence-corrected chi connectivity index (χ2v) is 8.22. The van der Waals surface area contributed by atoms with Gasteiger partial charge < -0.3 is 5.11 Å². The molecule has 0 spiro atoms. The number of hydrogen-bond donors (Lipinski definition) is 2. The lowest BCUT2D eigenvalue weighted by Gasteiger charge is -2.27. The number of sulfonamides is 1. The molecule has 1 aromatic carbocycles. The molecule has 0 fully saturated rings. The minimum Gasteiger partial charge on any atom is -0.478 e. The minimum atomic E-state index is -3.75. The Bertz CT molecular complexity index is 620. The van der Waals surface area contributed by atoms with Crippen molar-refractivity contribution in [3.8, 4) is 0 Å². The summed E-state index contributed by atoms with van der Waals surface area (Å²) in [7, 11) is -3.75. The van der Waals surface area contributed by atoms with E-state index in [9.17, 15) is 13.2 Å². The summed E-state index contributed by atoms with van der Waals surface area (Å²) >= 11 is 3.08. The molecule has 0 saturated heterocycles. The molecule has 0 aliphatic carbocycles. The number of carboxylic acids is 1. The molecule has 2 N–H and O–H groups in total. The molecule has 0 aliphatic rings. The van der Waals surface area contributed by atoms with Gasteiger partial charge in [0, 0.05) is 10.5 Å². The van der Waals surface area contributed by atoms with Gasteiger partial charge in [0.15, 0.2) is 0 Å². The summed E-state index contributed by atoms with van der Waals surface area (Å²) in [6.45, 7) is 7.54. The zero-order valence-corrected chi connectivity index (χ0v) is 14.2. The van der Waals surface area contributed by atoms with Crippen molar-refractivity contribution < 1.29 is 18.3 Å². The third kappa shape index (κ3) is 4.04. The maximum absolute atomic E-state index is 12.3. The van der Waals surface area contributed by atoms with Crippen LogP contribution < -0.4 is 4.72 Å². The van der Waals surface area contributed by atoms with E-state index in [2.05, 4.69) is 20.7 Å². The highest BCUT2D eigenvalue weighted by Crippen LogP contribution is 2.24. The van der Waals surface area contributed by atoms with Crippen LogP contribution in [0.25, 0.3) is 0 Å². The van der Waals surface area contributed by atoms with Crippen molar-refractivity contribution in [3.63, 3.8) is 0 Å². The molecule has 0 bridgehead atoms. The number of carbonyl (C=O) groups is 1. The molecule has 1 atom stereocenters. The molecule has 0 radical (unpaired) electrons. The van der Waals surface area contributed by atoms with E-state index in [0.717, 1.165) is 6.07 Å². The van der Waals surface area contributed by atoms with Crippen LogP contribution in [0.5, 0.6) is 0 Å². The van der Waals surface area contributed by atoms with Crippen LogP contribution in [0.2, 0.25) is 0 Å². The average molecular weight is 364 g/mol. The van der Waals surface area contributed by atoms with Crippen LogP contribution in [-0.4, -0.2) is 25.5 Å². The lowest BCUT2D eigenvalue weighted by molar-refractivity contribution is 0.0695. The predicted octanol–water partition coefficient (Wildman–Crippen LogP) is 2.86. The summed E-state index contributed by atoms with van der Waals surface area (Å²) in [6.07, 6.45) is 0. The van der Waals surface area contributed by atoms with Gasteiger partial charge in [-0.2, -0.15) is 0 Å². The Morgan fingerprint density at radius 2 is 1.90 bits per heavy atom. The second kappa shape index (κ2) is 5.83. The molecule has 1 aromatic rings. The van der Waals surface area contributed by atoms with Crippen molar-refractivity contribution in [2.75, 3.05) is 0 Å². The standard InChI is InChI=1S/C13H18BrNO4S/c1-8(13(2,3)4)15-20(18,19)9-5-6-11(14)10(7-9)12(16)17/h5-8,15H,1-4H3,(H,16,17). The van der Waals surface area contributed by atoms with Gasteiger partial charge in [0.1, 0.15) is 0 Å². The van der Waals surface area contributed by atoms with Crippen LogP contribution in [0.1, 0.15) is 38.1 Å². The smallest absolute Gasteiger partial charge is 0.336 e. The fourth-order valence-electron chi connectivity index (χ4n) is 1.31. The topological polar surface area (TPSA) is 83.5 Å². The summed E-state index contributed by atoms with van der Waals surface area (Å²) < 4.78 is 27.4. The molecule has 20 heavy (non-hydrogen) atoms. The van der Waals surface area contributed by atoms with Crippen molar-refractivity contribution >= 4 is 31.9 Å². The summed E-state index contributed by atoms with van der Waals surface area (Å²) in [4.78, 5) is 11.0. The van der Waals surface area contributed by atoms with Crippen molar-refractivity contribution in [2.24, 2.45) is 5.41 Å². The van der Waals surface area contributed by atoms with Gasteiger partial charge >= 0.3 is 5.97 Å². The zero-order valence-electron chi connectivity index (χ0n) is 11.8. The van der Waals surface area contributed by atoms with Crippen LogP contribution in [0, 0.1) is 5.41 Å². The van der Waals surface area contributed by atoms with Crippen LogP contribution in [0.3, 0.4) is 0 Å². The van der Waals surface area contributed by atoms with E-state index in [1.165, 1.54) is 12.1 Å². The van der Waals surface area contributed by atoms with Gasteiger partial charge in [-0.25, -0.2) is 17.9 Å². The van der Waals surface area contributed by atoms with Crippen molar-refractivity contribution in [3.05, 3.63) is 28.2 Å². The summed E-state index contributed by atoms with van der Waals surface area (Å²) in [5.74, 6) is -1.18. The molecule has 112 valence electrons. The van der Waals surface area contributed by atoms with Crippen molar-refractivity contribution in [1.29, 1.82) is 0 Å². The number of hydrogen-bond acceptors (Lipinski definition) is 3. The van der Waals surface area contributed by atoms with E-state index in [1.807, 2.05) is 20.8 Å². The molecule has 0 amide bonds. The lowest BCUT2D eigenvalue weighted by Crippen LogP contribution is -2.41. The number of halogens is 1. The Labute approximate surface area is 127 Å². The highest BCUT2D eigenvalue weighted by Gasteiger charge is 2.26. The lowest BCUT2D eigenvalue weighted by atomic mass is 9.89. The van der Waals surface area contributed by atoms with Crippen molar-refractivity contribution in [2.45, 2.75) is 38.6 Å². The van der Waals surface area contributed by atoms with Crippen LogP contribution in [0.4, 0.5) is 0 Å². The molecular formula is C13H18BrNO4S.